The van der Waals surface area contributed by atoms with Gasteiger partial charge in [0.05, 0.1) is 13.2 Å². The average Bonchev–Trinajstić information content (AvgIpc) is 2.69. The van der Waals surface area contributed by atoms with Crippen molar-refractivity contribution < 1.29 is 14.6 Å². The minimum Gasteiger partial charge on any atom is -0.396 e. The van der Waals surface area contributed by atoms with Crippen LogP contribution in [0.25, 0.3) is 0 Å². The van der Waals surface area contributed by atoms with E-state index in [1.54, 1.807) is 0 Å². The molecule has 1 aliphatic carbocycles. The molecule has 1 rings (SSSR count). The van der Waals surface area contributed by atoms with Gasteiger partial charge in [0.2, 0.25) is 0 Å². The molecule has 0 aromatic heterocycles. The molecule has 12 heavy (non-hydrogen) atoms. The van der Waals surface area contributed by atoms with Crippen molar-refractivity contribution in [2.75, 3.05) is 19.8 Å². The molecule has 1 N–H and O–H groups in total. The van der Waals surface area contributed by atoms with Crippen molar-refractivity contribution in [3.63, 3.8) is 0 Å². The number of aliphatic hydroxyl groups excluding tert-OH is 1. The topological polar surface area (TPSA) is 46.5 Å². The maximum absolute atomic E-state index is 10.9. The lowest BCUT2D eigenvalue weighted by Gasteiger charge is -2.07. The highest BCUT2D eigenvalue weighted by molar-refractivity contribution is 5.79. The third kappa shape index (κ3) is 3.32. The Kier molecular flexibility index (Phi) is 3.23. The quantitative estimate of drug-likeness (QED) is 0.643. The van der Waals surface area contributed by atoms with Crippen LogP contribution in [0.3, 0.4) is 0 Å². The van der Waals surface area contributed by atoms with E-state index in [1.165, 1.54) is 12.8 Å². The first-order valence-corrected chi connectivity index (χ1v) is 4.37. The molecule has 0 spiro atoms. The van der Waals surface area contributed by atoms with Gasteiger partial charge in [0, 0.05) is 6.42 Å². The van der Waals surface area contributed by atoms with Crippen LogP contribution >= 0.6 is 0 Å². The maximum atomic E-state index is 10.9. The van der Waals surface area contributed by atoms with Gasteiger partial charge >= 0.3 is 0 Å². The van der Waals surface area contributed by atoms with Gasteiger partial charge in [-0.3, -0.25) is 4.79 Å². The van der Waals surface area contributed by atoms with Gasteiger partial charge in [-0.2, -0.15) is 0 Å². The van der Waals surface area contributed by atoms with E-state index in [2.05, 4.69) is 6.92 Å². The van der Waals surface area contributed by atoms with Gasteiger partial charge in [-0.25, -0.2) is 0 Å². The van der Waals surface area contributed by atoms with Crippen molar-refractivity contribution in [1.29, 1.82) is 0 Å². The van der Waals surface area contributed by atoms with Crippen LogP contribution < -0.4 is 0 Å². The maximum Gasteiger partial charge on any atom is 0.160 e. The first kappa shape index (κ1) is 9.68. The zero-order valence-corrected chi connectivity index (χ0v) is 7.51. The Morgan fingerprint density at radius 3 is 2.75 bits per heavy atom. The molecule has 1 aliphatic rings. The summed E-state index contributed by atoms with van der Waals surface area (Å²) in [6.07, 6.45) is 2.64. The van der Waals surface area contributed by atoms with Crippen molar-refractivity contribution in [2.24, 2.45) is 5.41 Å². The largest absolute Gasteiger partial charge is 0.396 e. The number of ether oxygens (including phenoxy) is 1. The summed E-state index contributed by atoms with van der Waals surface area (Å²) in [5.74, 6) is -0.0123. The van der Waals surface area contributed by atoms with Gasteiger partial charge in [0.1, 0.15) is 6.61 Å². The summed E-state index contributed by atoms with van der Waals surface area (Å²) in [6.45, 7) is 2.93. The van der Waals surface area contributed by atoms with E-state index in [1.807, 2.05) is 0 Å². The number of carbonyl (C=O) groups excluding carboxylic acids is 1. The van der Waals surface area contributed by atoms with Crippen LogP contribution in [-0.4, -0.2) is 30.7 Å². The third-order valence-electron chi connectivity index (χ3n) is 2.21. The van der Waals surface area contributed by atoms with Gasteiger partial charge in [0.15, 0.2) is 5.78 Å². The Morgan fingerprint density at radius 1 is 1.58 bits per heavy atom. The number of Topliss-reactive ketones (excluding diaryl/α,β-unsaturated/α-hetero) is 1. The molecule has 0 heterocycles. The second kappa shape index (κ2) is 4.01. The van der Waals surface area contributed by atoms with Gasteiger partial charge in [-0.1, -0.05) is 6.92 Å². The summed E-state index contributed by atoms with van der Waals surface area (Å²) in [6, 6.07) is 0. The third-order valence-corrected chi connectivity index (χ3v) is 2.21. The molecular weight excluding hydrogens is 156 g/mol. The van der Waals surface area contributed by atoms with E-state index in [0.29, 0.717) is 12.0 Å². The molecule has 0 amide bonds. The number of hydrogen-bond donors (Lipinski definition) is 1. The molecular formula is C9H16O3. The van der Waals surface area contributed by atoms with Crippen molar-refractivity contribution in [2.45, 2.75) is 26.2 Å². The van der Waals surface area contributed by atoms with Gasteiger partial charge < -0.3 is 9.84 Å². The summed E-state index contributed by atoms with van der Waals surface area (Å²) in [5, 5.41) is 8.43. The molecule has 70 valence electrons. The fourth-order valence-electron chi connectivity index (χ4n) is 0.966. The Hall–Kier alpha value is -0.410. The van der Waals surface area contributed by atoms with Crippen LogP contribution in [0.1, 0.15) is 26.2 Å². The molecule has 1 saturated carbocycles. The smallest absolute Gasteiger partial charge is 0.160 e. The fourth-order valence-corrected chi connectivity index (χ4v) is 0.966. The lowest BCUT2D eigenvalue weighted by Crippen LogP contribution is -2.14. The monoisotopic (exact) mass is 172 g/mol. The molecule has 3 heteroatoms. The molecule has 1 fully saturated rings. The van der Waals surface area contributed by atoms with E-state index in [9.17, 15) is 4.79 Å². The number of hydrogen-bond acceptors (Lipinski definition) is 3. The summed E-state index contributed by atoms with van der Waals surface area (Å²) < 4.78 is 5.21. The van der Waals surface area contributed by atoms with Crippen LogP contribution in [0.2, 0.25) is 0 Å². The van der Waals surface area contributed by atoms with E-state index < -0.39 is 0 Å². The van der Waals surface area contributed by atoms with Crippen LogP contribution in [0.4, 0.5) is 0 Å². The van der Waals surface area contributed by atoms with Crippen molar-refractivity contribution in [3.8, 4) is 0 Å². The second-order valence-corrected chi connectivity index (χ2v) is 3.82. The first-order valence-electron chi connectivity index (χ1n) is 4.37. The standard InChI is InChI=1S/C9H16O3/c1-9(3-4-9)7-12-6-8(11)2-5-10/h10H,2-7H2,1H3. The van der Waals surface area contributed by atoms with Gasteiger partial charge in [-0.15, -0.1) is 0 Å². The predicted octanol–water partition coefficient (Wildman–Crippen LogP) is 0.755. The molecule has 0 aromatic carbocycles. The first-order chi connectivity index (χ1) is 5.66. The Labute approximate surface area is 72.7 Å². The molecule has 0 saturated heterocycles. The average molecular weight is 172 g/mol. The van der Waals surface area contributed by atoms with Crippen molar-refractivity contribution in [3.05, 3.63) is 0 Å². The summed E-state index contributed by atoms with van der Waals surface area (Å²) >= 11 is 0. The summed E-state index contributed by atoms with van der Waals surface area (Å²) in [7, 11) is 0. The lowest BCUT2D eigenvalue weighted by atomic mass is 10.2. The summed E-state index contributed by atoms with van der Waals surface area (Å²) in [5.41, 5.74) is 0.347. The number of ketones is 1. The molecule has 0 aliphatic heterocycles. The van der Waals surface area contributed by atoms with Crippen LogP contribution in [-0.2, 0) is 9.53 Å². The molecule has 0 bridgehead atoms. The number of carbonyl (C=O) groups is 1. The van der Waals surface area contributed by atoms with Crippen LogP contribution in [0.5, 0.6) is 0 Å². The predicted molar refractivity (Wildman–Crippen MR) is 44.9 cm³/mol. The van der Waals surface area contributed by atoms with Crippen molar-refractivity contribution >= 4 is 5.78 Å². The molecule has 0 aromatic rings. The second-order valence-electron chi connectivity index (χ2n) is 3.82. The minimum absolute atomic E-state index is 0.0123. The molecule has 3 nitrogen and oxygen atoms in total. The van der Waals surface area contributed by atoms with Crippen molar-refractivity contribution in [1.82, 2.24) is 0 Å². The fraction of sp³-hybridized carbons (Fsp3) is 0.889. The molecule has 0 radical (unpaired) electrons. The molecule has 0 atom stereocenters. The van der Waals surface area contributed by atoms with Crippen LogP contribution in [0.15, 0.2) is 0 Å². The van der Waals surface area contributed by atoms with Gasteiger partial charge in [-0.05, 0) is 18.3 Å². The minimum atomic E-state index is -0.0700. The van der Waals surface area contributed by atoms with Gasteiger partial charge in [0.25, 0.3) is 0 Å². The SMILES string of the molecule is CC1(COCC(=O)CCO)CC1. The van der Waals surface area contributed by atoms with E-state index in [-0.39, 0.29) is 25.4 Å². The molecule has 0 unspecified atom stereocenters. The van der Waals surface area contributed by atoms with Crippen LogP contribution in [0, 0.1) is 5.41 Å². The number of aliphatic hydroxyl groups is 1. The highest BCUT2D eigenvalue weighted by atomic mass is 16.5. The highest BCUT2D eigenvalue weighted by Gasteiger charge is 2.37. The summed E-state index contributed by atoms with van der Waals surface area (Å²) in [4.78, 5) is 10.9. The number of rotatable bonds is 6. The van der Waals surface area contributed by atoms with E-state index in [0.717, 1.165) is 0 Å². The zero-order chi connectivity index (χ0) is 9.03. The van der Waals surface area contributed by atoms with E-state index in [4.69, 9.17) is 9.84 Å². The Morgan fingerprint density at radius 2 is 2.25 bits per heavy atom. The highest BCUT2D eigenvalue weighted by Crippen LogP contribution is 2.44. The lowest BCUT2D eigenvalue weighted by molar-refractivity contribution is -0.124. The Balaban J connectivity index is 1.98. The van der Waals surface area contributed by atoms with E-state index >= 15 is 0 Å². The normalized spacial score (nSPS) is 19.2. The Bertz CT molecular complexity index is 161. The zero-order valence-electron chi connectivity index (χ0n) is 7.51.